The fourth-order valence-electron chi connectivity index (χ4n) is 2.91. The molecule has 0 heterocycles. The van der Waals surface area contributed by atoms with Crippen LogP contribution in [0.4, 0.5) is 0 Å². The molecule has 0 aromatic carbocycles. The summed E-state index contributed by atoms with van der Waals surface area (Å²) in [6, 6.07) is 0.682. The second-order valence-electron chi connectivity index (χ2n) is 6.70. The van der Waals surface area contributed by atoms with Crippen molar-refractivity contribution in [1.82, 2.24) is 5.32 Å². The zero-order valence-corrected chi connectivity index (χ0v) is 11.5. The van der Waals surface area contributed by atoms with Crippen LogP contribution in [0.1, 0.15) is 60.8 Å². The Morgan fingerprint density at radius 2 is 1.60 bits per heavy atom. The van der Waals surface area contributed by atoms with Gasteiger partial charge < -0.3 is 5.32 Å². The van der Waals surface area contributed by atoms with E-state index in [-0.39, 0.29) is 0 Å². The van der Waals surface area contributed by atoms with E-state index in [9.17, 15) is 0 Å². The summed E-state index contributed by atoms with van der Waals surface area (Å²) in [4.78, 5) is 0. The maximum Gasteiger partial charge on any atom is 0.0149 e. The van der Waals surface area contributed by atoms with E-state index in [0.29, 0.717) is 16.9 Å². The van der Waals surface area contributed by atoms with E-state index in [1.54, 1.807) is 0 Å². The van der Waals surface area contributed by atoms with Crippen molar-refractivity contribution in [2.24, 2.45) is 16.7 Å². The molecule has 0 aliphatic heterocycles. The van der Waals surface area contributed by atoms with Crippen LogP contribution in [-0.2, 0) is 0 Å². The number of nitrogens with one attached hydrogen (secondary N) is 1. The molecule has 1 fully saturated rings. The molecule has 2 unspecified atom stereocenters. The lowest BCUT2D eigenvalue weighted by atomic mass is 9.58. The van der Waals surface area contributed by atoms with Crippen molar-refractivity contribution in [3.05, 3.63) is 0 Å². The Morgan fingerprint density at radius 1 is 1.07 bits per heavy atom. The molecule has 1 N–H and O–H groups in total. The van der Waals surface area contributed by atoms with Crippen molar-refractivity contribution in [3.8, 4) is 0 Å². The quantitative estimate of drug-likeness (QED) is 0.748. The van der Waals surface area contributed by atoms with E-state index in [1.165, 1.54) is 19.3 Å². The fraction of sp³-hybridized carbons (Fsp3) is 1.00. The molecule has 0 aromatic heterocycles. The Morgan fingerprint density at radius 3 is 2.13 bits per heavy atom. The lowest BCUT2D eigenvalue weighted by molar-refractivity contribution is 0.0200. The molecule has 1 aliphatic rings. The van der Waals surface area contributed by atoms with Gasteiger partial charge in [-0.15, -0.1) is 0 Å². The summed E-state index contributed by atoms with van der Waals surface area (Å²) in [5.74, 6) is 0.771. The molecule has 0 aromatic rings. The Labute approximate surface area is 96.0 Å². The first kappa shape index (κ1) is 13.0. The largest absolute Gasteiger partial charge is 0.313 e. The average Bonchev–Trinajstić information content (AvgIpc) is 2.13. The first-order valence-corrected chi connectivity index (χ1v) is 6.54. The fourth-order valence-corrected chi connectivity index (χ4v) is 2.91. The van der Waals surface area contributed by atoms with E-state index in [2.05, 4.69) is 46.9 Å². The highest BCUT2D eigenvalue weighted by molar-refractivity contribution is 4.98. The second-order valence-corrected chi connectivity index (χ2v) is 6.70. The van der Waals surface area contributed by atoms with Gasteiger partial charge in [0.15, 0.2) is 0 Å². The molecule has 1 rings (SSSR count). The number of hydrogen-bond donors (Lipinski definition) is 1. The summed E-state index contributed by atoms with van der Waals surface area (Å²) in [6.07, 6.45) is 3.96. The Kier molecular flexibility index (Phi) is 3.86. The second kappa shape index (κ2) is 4.45. The summed E-state index contributed by atoms with van der Waals surface area (Å²) in [5, 5.41) is 3.77. The zero-order chi connectivity index (χ0) is 11.7. The predicted molar refractivity (Wildman–Crippen MR) is 68.0 cm³/mol. The Hall–Kier alpha value is -0.0400. The Balaban J connectivity index is 2.75. The molecule has 0 amide bonds. The molecule has 1 heteroatoms. The summed E-state index contributed by atoms with van der Waals surface area (Å²) < 4.78 is 0. The SMILES string of the molecule is CCCNC1C(C)C(C)(C)CCC1(C)C. The van der Waals surface area contributed by atoms with Gasteiger partial charge in [-0.2, -0.15) is 0 Å². The summed E-state index contributed by atoms with van der Waals surface area (Å²) in [6.45, 7) is 15.5. The van der Waals surface area contributed by atoms with E-state index >= 15 is 0 Å². The molecule has 0 spiro atoms. The van der Waals surface area contributed by atoms with E-state index in [4.69, 9.17) is 0 Å². The third-order valence-electron chi connectivity index (χ3n) is 4.60. The van der Waals surface area contributed by atoms with Gasteiger partial charge in [0.05, 0.1) is 0 Å². The molecule has 90 valence electrons. The van der Waals surface area contributed by atoms with Crippen molar-refractivity contribution < 1.29 is 0 Å². The van der Waals surface area contributed by atoms with Gasteiger partial charge in [-0.05, 0) is 42.6 Å². The molecule has 0 bridgehead atoms. The lowest BCUT2D eigenvalue weighted by Crippen LogP contribution is -2.54. The highest BCUT2D eigenvalue weighted by Gasteiger charge is 2.44. The van der Waals surface area contributed by atoms with Crippen molar-refractivity contribution in [2.75, 3.05) is 6.54 Å². The normalized spacial score (nSPS) is 34.0. The first-order chi connectivity index (χ1) is 6.81. The standard InChI is InChI=1S/C14H29N/c1-7-10-15-12-11(2)13(3,4)8-9-14(12,5)6/h11-12,15H,7-10H2,1-6H3. The van der Waals surface area contributed by atoms with Crippen LogP contribution in [0.5, 0.6) is 0 Å². The minimum Gasteiger partial charge on any atom is -0.313 e. The van der Waals surface area contributed by atoms with E-state index in [0.717, 1.165) is 12.5 Å². The summed E-state index contributed by atoms with van der Waals surface area (Å²) >= 11 is 0. The van der Waals surface area contributed by atoms with Gasteiger partial charge in [0.25, 0.3) is 0 Å². The van der Waals surface area contributed by atoms with Crippen LogP contribution < -0.4 is 5.32 Å². The first-order valence-electron chi connectivity index (χ1n) is 6.54. The van der Waals surface area contributed by atoms with Gasteiger partial charge in [0.1, 0.15) is 0 Å². The molecule has 0 radical (unpaired) electrons. The third-order valence-corrected chi connectivity index (χ3v) is 4.60. The van der Waals surface area contributed by atoms with Gasteiger partial charge in [-0.3, -0.25) is 0 Å². The van der Waals surface area contributed by atoms with Crippen LogP contribution >= 0.6 is 0 Å². The van der Waals surface area contributed by atoms with Crippen LogP contribution in [0.15, 0.2) is 0 Å². The molecular formula is C14H29N. The van der Waals surface area contributed by atoms with Gasteiger partial charge >= 0.3 is 0 Å². The molecule has 15 heavy (non-hydrogen) atoms. The van der Waals surface area contributed by atoms with Gasteiger partial charge in [0.2, 0.25) is 0 Å². The summed E-state index contributed by atoms with van der Waals surface area (Å²) in [7, 11) is 0. The monoisotopic (exact) mass is 211 g/mol. The molecular weight excluding hydrogens is 182 g/mol. The minimum atomic E-state index is 0.462. The van der Waals surface area contributed by atoms with Crippen molar-refractivity contribution in [2.45, 2.75) is 66.8 Å². The van der Waals surface area contributed by atoms with Crippen LogP contribution in [0, 0.1) is 16.7 Å². The maximum atomic E-state index is 3.77. The van der Waals surface area contributed by atoms with Crippen LogP contribution in [0.2, 0.25) is 0 Å². The zero-order valence-electron chi connectivity index (χ0n) is 11.5. The number of hydrogen-bond acceptors (Lipinski definition) is 1. The van der Waals surface area contributed by atoms with Gasteiger partial charge in [0, 0.05) is 6.04 Å². The maximum absolute atomic E-state index is 3.77. The third kappa shape index (κ3) is 2.75. The van der Waals surface area contributed by atoms with Crippen LogP contribution in [0.25, 0.3) is 0 Å². The van der Waals surface area contributed by atoms with Crippen molar-refractivity contribution in [1.29, 1.82) is 0 Å². The van der Waals surface area contributed by atoms with Crippen LogP contribution in [0.3, 0.4) is 0 Å². The van der Waals surface area contributed by atoms with Crippen molar-refractivity contribution in [3.63, 3.8) is 0 Å². The molecule has 1 nitrogen and oxygen atoms in total. The molecule has 1 aliphatic carbocycles. The highest BCUT2D eigenvalue weighted by atomic mass is 14.9. The topological polar surface area (TPSA) is 12.0 Å². The molecule has 2 atom stereocenters. The van der Waals surface area contributed by atoms with E-state index < -0.39 is 0 Å². The lowest BCUT2D eigenvalue weighted by Gasteiger charge is -2.51. The molecule has 1 saturated carbocycles. The predicted octanol–water partition coefficient (Wildman–Crippen LogP) is 3.84. The number of rotatable bonds is 3. The molecule has 0 saturated heterocycles. The Bertz CT molecular complexity index is 205. The minimum absolute atomic E-state index is 0.462. The van der Waals surface area contributed by atoms with Crippen LogP contribution in [-0.4, -0.2) is 12.6 Å². The van der Waals surface area contributed by atoms with Gasteiger partial charge in [-0.25, -0.2) is 0 Å². The highest BCUT2D eigenvalue weighted by Crippen LogP contribution is 2.48. The smallest absolute Gasteiger partial charge is 0.0149 e. The van der Waals surface area contributed by atoms with E-state index in [1.807, 2.05) is 0 Å². The van der Waals surface area contributed by atoms with Gasteiger partial charge in [-0.1, -0.05) is 41.5 Å². The van der Waals surface area contributed by atoms with Crippen molar-refractivity contribution >= 4 is 0 Å². The average molecular weight is 211 g/mol. The summed E-state index contributed by atoms with van der Waals surface area (Å²) in [5.41, 5.74) is 0.963.